The molecule has 1 rings (SSSR count). The molecule has 0 heterocycles. The van der Waals surface area contributed by atoms with E-state index < -0.39 is 13.0 Å². The van der Waals surface area contributed by atoms with Crippen LogP contribution in [0.3, 0.4) is 0 Å². The Morgan fingerprint density at radius 3 is 2.74 bits per heavy atom. The number of nitrogens with one attached hydrogen (secondary N) is 1. The van der Waals surface area contributed by atoms with Gasteiger partial charge in [0.25, 0.3) is 6.43 Å². The maximum absolute atomic E-state index is 12.6. The van der Waals surface area contributed by atoms with Gasteiger partial charge in [-0.1, -0.05) is 18.5 Å². The predicted molar refractivity (Wildman–Crippen MR) is 74.1 cm³/mol. The fraction of sp³-hybridized carbons (Fsp3) is 0.538. The zero-order valence-electron chi connectivity index (χ0n) is 10.9. The van der Waals surface area contributed by atoms with Crippen LogP contribution in [-0.4, -0.2) is 37.8 Å². The molecule has 0 bridgehead atoms. The Balaban J connectivity index is 2.98. The number of aliphatic hydroxyl groups excluding tert-OH is 1. The van der Waals surface area contributed by atoms with Crippen molar-refractivity contribution < 1.29 is 13.9 Å². The molecule has 0 radical (unpaired) electrons. The number of aliphatic hydroxyl groups is 1. The molecule has 0 unspecified atom stereocenters. The van der Waals surface area contributed by atoms with Gasteiger partial charge in [-0.2, -0.15) is 0 Å². The van der Waals surface area contributed by atoms with Crippen LogP contribution < -0.4 is 10.2 Å². The van der Waals surface area contributed by atoms with Crippen LogP contribution in [0, 0.1) is 0 Å². The summed E-state index contributed by atoms with van der Waals surface area (Å²) in [5, 5.41) is 12.7. The highest BCUT2D eigenvalue weighted by Gasteiger charge is 2.15. The van der Waals surface area contributed by atoms with Crippen LogP contribution in [0.15, 0.2) is 18.2 Å². The van der Waals surface area contributed by atoms with E-state index in [1.54, 1.807) is 18.2 Å². The lowest BCUT2D eigenvalue weighted by Crippen LogP contribution is -2.32. The molecule has 0 spiro atoms. The van der Waals surface area contributed by atoms with E-state index in [1.165, 1.54) is 4.90 Å². The predicted octanol–water partition coefficient (Wildman–Crippen LogP) is 2.51. The number of hydrogen-bond donors (Lipinski definition) is 2. The van der Waals surface area contributed by atoms with E-state index in [0.717, 1.165) is 12.1 Å². The molecule has 0 saturated heterocycles. The van der Waals surface area contributed by atoms with Crippen LogP contribution in [-0.2, 0) is 6.54 Å². The minimum absolute atomic E-state index is 0.171. The van der Waals surface area contributed by atoms with Crippen LogP contribution in [0.2, 0.25) is 5.02 Å². The van der Waals surface area contributed by atoms with E-state index in [0.29, 0.717) is 17.3 Å². The van der Waals surface area contributed by atoms with Crippen LogP contribution in [0.4, 0.5) is 14.5 Å². The first-order valence-electron chi connectivity index (χ1n) is 6.21. The Bertz CT molecular complexity index is 391. The van der Waals surface area contributed by atoms with Crippen molar-refractivity contribution in [3.63, 3.8) is 0 Å². The molecule has 1 aromatic rings. The SMILES string of the molecule is CCNCc1cc(Cl)ccc1N(CCO)CC(F)F. The Labute approximate surface area is 117 Å². The second-order valence-corrected chi connectivity index (χ2v) is 4.55. The summed E-state index contributed by atoms with van der Waals surface area (Å²) in [4.78, 5) is 1.48. The van der Waals surface area contributed by atoms with E-state index >= 15 is 0 Å². The van der Waals surface area contributed by atoms with Crippen molar-refractivity contribution in [3.05, 3.63) is 28.8 Å². The van der Waals surface area contributed by atoms with Gasteiger partial charge in [-0.05, 0) is 30.3 Å². The number of anilines is 1. The van der Waals surface area contributed by atoms with Crippen molar-refractivity contribution in [1.29, 1.82) is 0 Å². The zero-order valence-corrected chi connectivity index (χ0v) is 11.6. The van der Waals surface area contributed by atoms with Crippen LogP contribution in [0.5, 0.6) is 0 Å². The molecule has 0 aromatic heterocycles. The lowest BCUT2D eigenvalue weighted by molar-refractivity contribution is 0.152. The number of alkyl halides is 2. The molecule has 0 amide bonds. The van der Waals surface area contributed by atoms with Crippen LogP contribution >= 0.6 is 11.6 Å². The molecular formula is C13H19ClF2N2O. The van der Waals surface area contributed by atoms with Gasteiger partial charge in [0.2, 0.25) is 0 Å². The number of rotatable bonds is 8. The molecule has 2 N–H and O–H groups in total. The summed E-state index contributed by atoms with van der Waals surface area (Å²) in [5.41, 5.74) is 1.53. The summed E-state index contributed by atoms with van der Waals surface area (Å²) in [6, 6.07) is 5.14. The molecule has 0 aliphatic carbocycles. The zero-order chi connectivity index (χ0) is 14.3. The van der Waals surface area contributed by atoms with E-state index in [1.807, 2.05) is 6.92 Å². The summed E-state index contributed by atoms with van der Waals surface area (Å²) in [6.07, 6.45) is -2.45. The quantitative estimate of drug-likeness (QED) is 0.773. The van der Waals surface area contributed by atoms with Crippen molar-refractivity contribution in [3.8, 4) is 0 Å². The van der Waals surface area contributed by atoms with Crippen molar-refractivity contribution in [1.82, 2.24) is 5.32 Å². The Morgan fingerprint density at radius 1 is 1.42 bits per heavy atom. The van der Waals surface area contributed by atoms with E-state index in [9.17, 15) is 8.78 Å². The molecule has 0 aliphatic rings. The van der Waals surface area contributed by atoms with E-state index in [2.05, 4.69) is 5.32 Å². The highest BCUT2D eigenvalue weighted by atomic mass is 35.5. The second-order valence-electron chi connectivity index (χ2n) is 4.11. The standard InChI is InChI=1S/C13H19ClF2N2O/c1-2-17-8-10-7-11(14)3-4-12(10)18(5-6-19)9-13(15)16/h3-4,7,13,17,19H,2,5-6,8-9H2,1H3. The third-order valence-electron chi connectivity index (χ3n) is 2.68. The average Bonchev–Trinajstić information content (AvgIpc) is 2.35. The molecule has 0 atom stereocenters. The summed E-state index contributed by atoms with van der Waals surface area (Å²) >= 11 is 5.94. The van der Waals surface area contributed by atoms with Crippen molar-refractivity contribution >= 4 is 17.3 Å². The first kappa shape index (κ1) is 16.1. The smallest absolute Gasteiger partial charge is 0.255 e. The third kappa shape index (κ3) is 5.30. The van der Waals surface area contributed by atoms with Gasteiger partial charge in [0, 0.05) is 23.8 Å². The van der Waals surface area contributed by atoms with Gasteiger partial charge in [0.05, 0.1) is 13.2 Å². The van der Waals surface area contributed by atoms with Gasteiger partial charge in [0.1, 0.15) is 0 Å². The Hall–Kier alpha value is -0.910. The summed E-state index contributed by atoms with van der Waals surface area (Å²) < 4.78 is 25.2. The maximum atomic E-state index is 12.6. The number of benzene rings is 1. The minimum Gasteiger partial charge on any atom is -0.395 e. The first-order chi connectivity index (χ1) is 9.08. The maximum Gasteiger partial charge on any atom is 0.255 e. The summed E-state index contributed by atoms with van der Waals surface area (Å²) in [6.45, 7) is 2.90. The minimum atomic E-state index is -2.45. The molecule has 3 nitrogen and oxygen atoms in total. The molecule has 0 fully saturated rings. The van der Waals surface area contributed by atoms with E-state index in [-0.39, 0.29) is 13.2 Å². The number of hydrogen-bond acceptors (Lipinski definition) is 3. The van der Waals surface area contributed by atoms with Gasteiger partial charge in [0.15, 0.2) is 0 Å². The molecule has 19 heavy (non-hydrogen) atoms. The molecule has 1 aromatic carbocycles. The summed E-state index contributed by atoms with van der Waals surface area (Å²) in [5.74, 6) is 0. The largest absolute Gasteiger partial charge is 0.395 e. The number of nitrogens with zero attached hydrogens (tertiary/aromatic N) is 1. The van der Waals surface area contributed by atoms with Gasteiger partial charge in [-0.25, -0.2) is 8.78 Å². The van der Waals surface area contributed by atoms with Gasteiger partial charge < -0.3 is 15.3 Å². The number of halogens is 3. The van der Waals surface area contributed by atoms with E-state index in [4.69, 9.17) is 16.7 Å². The first-order valence-corrected chi connectivity index (χ1v) is 6.59. The molecular weight excluding hydrogens is 274 g/mol. The third-order valence-corrected chi connectivity index (χ3v) is 2.91. The van der Waals surface area contributed by atoms with Gasteiger partial charge in [-0.15, -0.1) is 0 Å². The summed E-state index contributed by atoms with van der Waals surface area (Å²) in [7, 11) is 0. The Kier molecular flexibility index (Phi) is 7.05. The highest BCUT2D eigenvalue weighted by Crippen LogP contribution is 2.25. The molecule has 6 heteroatoms. The van der Waals surface area contributed by atoms with Crippen molar-refractivity contribution in [2.45, 2.75) is 19.9 Å². The lowest BCUT2D eigenvalue weighted by Gasteiger charge is -2.26. The van der Waals surface area contributed by atoms with Crippen molar-refractivity contribution in [2.24, 2.45) is 0 Å². The fourth-order valence-corrected chi connectivity index (χ4v) is 2.06. The van der Waals surface area contributed by atoms with Crippen molar-refractivity contribution in [2.75, 3.05) is 31.1 Å². The van der Waals surface area contributed by atoms with Crippen LogP contribution in [0.1, 0.15) is 12.5 Å². The average molecular weight is 293 g/mol. The van der Waals surface area contributed by atoms with Gasteiger partial charge in [-0.3, -0.25) is 0 Å². The highest BCUT2D eigenvalue weighted by molar-refractivity contribution is 6.30. The Morgan fingerprint density at radius 2 is 2.16 bits per heavy atom. The fourth-order valence-electron chi connectivity index (χ4n) is 1.86. The second kappa shape index (κ2) is 8.30. The molecule has 0 aliphatic heterocycles. The normalized spacial score (nSPS) is 11.1. The van der Waals surface area contributed by atoms with Crippen LogP contribution in [0.25, 0.3) is 0 Å². The molecule has 0 saturated carbocycles. The topological polar surface area (TPSA) is 35.5 Å². The van der Waals surface area contributed by atoms with Gasteiger partial charge >= 0.3 is 0 Å². The molecule has 108 valence electrons. The monoisotopic (exact) mass is 292 g/mol. The lowest BCUT2D eigenvalue weighted by atomic mass is 10.1.